The third kappa shape index (κ3) is 5.25. The maximum atomic E-state index is 13.0. The Morgan fingerprint density at radius 3 is 2.32 bits per heavy atom. The highest BCUT2D eigenvalue weighted by atomic mass is 16.1. The number of carbonyl (C=O) groups is 1. The lowest BCUT2D eigenvalue weighted by atomic mass is 10.1. The first kappa shape index (κ1) is 20.5. The summed E-state index contributed by atoms with van der Waals surface area (Å²) in [6.07, 6.45) is 4.29. The van der Waals surface area contributed by atoms with Gasteiger partial charge >= 0.3 is 0 Å². The van der Waals surface area contributed by atoms with E-state index in [0.717, 1.165) is 16.8 Å². The number of amides is 1. The summed E-state index contributed by atoms with van der Waals surface area (Å²) in [7, 11) is 0. The predicted octanol–water partition coefficient (Wildman–Crippen LogP) is 4.58. The molecule has 2 aromatic carbocycles. The molecule has 0 fully saturated rings. The van der Waals surface area contributed by atoms with Crippen LogP contribution in [0.3, 0.4) is 0 Å². The highest BCUT2D eigenvalue weighted by Crippen LogP contribution is 2.23. The third-order valence-corrected chi connectivity index (χ3v) is 5.19. The molecule has 1 N–H and O–H groups in total. The first-order valence-corrected chi connectivity index (χ1v) is 10.5. The molecular weight excluding hydrogens is 384 g/mol. The van der Waals surface area contributed by atoms with E-state index in [0.29, 0.717) is 30.8 Å². The van der Waals surface area contributed by atoms with E-state index < -0.39 is 0 Å². The fourth-order valence-electron chi connectivity index (χ4n) is 3.42. The second-order valence-corrected chi connectivity index (χ2v) is 7.77. The van der Waals surface area contributed by atoms with Crippen LogP contribution in [0.1, 0.15) is 32.7 Å². The normalized spacial score (nSPS) is 10.8. The summed E-state index contributed by atoms with van der Waals surface area (Å²) in [5.74, 6) is -0.123. The van der Waals surface area contributed by atoms with Crippen molar-refractivity contribution in [2.45, 2.75) is 26.8 Å². The highest BCUT2D eigenvalue weighted by molar-refractivity contribution is 5.99. The zero-order valence-electron chi connectivity index (χ0n) is 17.9. The average Bonchev–Trinajstić information content (AvgIpc) is 3.20. The van der Waals surface area contributed by atoms with E-state index in [1.807, 2.05) is 60.3 Å². The van der Waals surface area contributed by atoms with Gasteiger partial charge in [0.15, 0.2) is 0 Å². The Morgan fingerprint density at radius 2 is 1.65 bits per heavy atom. The molecule has 5 nitrogen and oxygen atoms in total. The summed E-state index contributed by atoms with van der Waals surface area (Å²) in [5, 5.41) is 7.78. The third-order valence-electron chi connectivity index (χ3n) is 5.19. The second-order valence-electron chi connectivity index (χ2n) is 7.77. The van der Waals surface area contributed by atoms with Crippen LogP contribution >= 0.6 is 0 Å². The monoisotopic (exact) mass is 410 g/mol. The van der Waals surface area contributed by atoms with Gasteiger partial charge in [-0.3, -0.25) is 14.5 Å². The van der Waals surface area contributed by atoms with Crippen LogP contribution in [-0.4, -0.2) is 27.2 Å². The largest absolute Gasteiger partial charge is 0.352 e. The first-order chi connectivity index (χ1) is 15.1. The quantitative estimate of drug-likeness (QED) is 0.485. The van der Waals surface area contributed by atoms with Crippen molar-refractivity contribution in [3.05, 3.63) is 107 Å². The molecule has 156 valence electrons. The van der Waals surface area contributed by atoms with E-state index in [1.54, 1.807) is 6.20 Å². The fraction of sp³-hybridized carbons (Fsp3) is 0.192. The lowest BCUT2D eigenvalue weighted by Crippen LogP contribution is -2.26. The van der Waals surface area contributed by atoms with Gasteiger partial charge in [0.05, 0.1) is 12.1 Å². The Morgan fingerprint density at radius 1 is 0.935 bits per heavy atom. The Labute approximate surface area is 182 Å². The van der Waals surface area contributed by atoms with Crippen molar-refractivity contribution in [2.75, 3.05) is 6.54 Å². The maximum Gasteiger partial charge on any atom is 0.255 e. The molecule has 0 radical (unpaired) electrons. The van der Waals surface area contributed by atoms with E-state index in [2.05, 4.69) is 41.5 Å². The van der Waals surface area contributed by atoms with Crippen LogP contribution in [0.2, 0.25) is 0 Å². The molecule has 0 aliphatic heterocycles. The van der Waals surface area contributed by atoms with E-state index >= 15 is 0 Å². The molecule has 4 rings (SSSR count). The molecule has 31 heavy (non-hydrogen) atoms. The van der Waals surface area contributed by atoms with Gasteiger partial charge in [-0.25, -0.2) is 0 Å². The number of rotatable bonds is 7. The lowest BCUT2D eigenvalue weighted by Gasteiger charge is -2.05. The highest BCUT2D eigenvalue weighted by Gasteiger charge is 2.18. The fourth-order valence-corrected chi connectivity index (χ4v) is 3.42. The van der Waals surface area contributed by atoms with Gasteiger partial charge in [-0.2, -0.15) is 5.10 Å². The van der Waals surface area contributed by atoms with Gasteiger partial charge in [0, 0.05) is 36.6 Å². The molecular formula is C26H26N4O. The minimum absolute atomic E-state index is 0.123. The molecule has 0 spiro atoms. The molecule has 0 atom stereocenters. The summed E-state index contributed by atoms with van der Waals surface area (Å²) in [6, 6.07) is 22.3. The van der Waals surface area contributed by atoms with E-state index in [1.165, 1.54) is 11.1 Å². The number of nitrogens with zero attached hydrogens (tertiary/aromatic N) is 3. The number of aromatic nitrogens is 3. The second kappa shape index (κ2) is 9.39. The summed E-state index contributed by atoms with van der Waals surface area (Å²) < 4.78 is 1.84. The van der Waals surface area contributed by atoms with Crippen molar-refractivity contribution in [3.8, 4) is 11.3 Å². The minimum atomic E-state index is -0.123. The van der Waals surface area contributed by atoms with Crippen LogP contribution in [0.25, 0.3) is 11.3 Å². The number of pyridine rings is 1. The minimum Gasteiger partial charge on any atom is -0.352 e. The van der Waals surface area contributed by atoms with Crippen LogP contribution in [-0.2, 0) is 13.0 Å². The van der Waals surface area contributed by atoms with Crippen LogP contribution in [0.4, 0.5) is 0 Å². The number of benzene rings is 2. The molecule has 0 saturated carbocycles. The Bertz CT molecular complexity index is 1150. The Balaban J connectivity index is 1.56. The SMILES string of the molecule is Cc1ccc(Cn2cc(C(=O)NCCc3ccccn3)c(-c3ccc(C)cc3)n2)cc1. The smallest absolute Gasteiger partial charge is 0.255 e. The topological polar surface area (TPSA) is 59.8 Å². The van der Waals surface area contributed by atoms with Crippen LogP contribution in [0.15, 0.2) is 79.1 Å². The standard InChI is InChI=1S/C26H26N4O/c1-19-6-10-21(11-7-19)17-30-18-24(25(29-30)22-12-8-20(2)9-13-22)26(31)28-16-14-23-5-3-4-15-27-23/h3-13,15,18H,14,16-17H2,1-2H3,(H,28,31). The number of hydrogen-bond acceptors (Lipinski definition) is 3. The molecule has 2 aromatic heterocycles. The molecule has 0 unspecified atom stereocenters. The molecule has 5 heteroatoms. The van der Waals surface area contributed by atoms with Crippen molar-refractivity contribution in [2.24, 2.45) is 0 Å². The van der Waals surface area contributed by atoms with E-state index in [4.69, 9.17) is 5.10 Å². The molecule has 0 aliphatic carbocycles. The van der Waals surface area contributed by atoms with Crippen LogP contribution in [0, 0.1) is 13.8 Å². The van der Waals surface area contributed by atoms with Crippen LogP contribution in [0.5, 0.6) is 0 Å². The molecule has 0 aliphatic rings. The van der Waals surface area contributed by atoms with Crippen molar-refractivity contribution in [1.29, 1.82) is 0 Å². The number of carbonyl (C=O) groups excluding carboxylic acids is 1. The van der Waals surface area contributed by atoms with Gasteiger partial charge in [0.2, 0.25) is 0 Å². The molecule has 0 saturated heterocycles. The maximum absolute atomic E-state index is 13.0. The Kier molecular flexibility index (Phi) is 6.22. The van der Waals surface area contributed by atoms with Crippen molar-refractivity contribution in [3.63, 3.8) is 0 Å². The van der Waals surface area contributed by atoms with E-state index in [-0.39, 0.29) is 5.91 Å². The van der Waals surface area contributed by atoms with E-state index in [9.17, 15) is 4.79 Å². The van der Waals surface area contributed by atoms with Crippen LogP contribution < -0.4 is 5.32 Å². The predicted molar refractivity (Wildman–Crippen MR) is 123 cm³/mol. The zero-order valence-corrected chi connectivity index (χ0v) is 17.9. The van der Waals surface area contributed by atoms with Gasteiger partial charge < -0.3 is 5.32 Å². The number of nitrogens with one attached hydrogen (secondary N) is 1. The van der Waals surface area contributed by atoms with Crippen molar-refractivity contribution < 1.29 is 4.79 Å². The van der Waals surface area contributed by atoms with Gasteiger partial charge in [0.1, 0.15) is 5.69 Å². The van der Waals surface area contributed by atoms with Gasteiger partial charge in [0.25, 0.3) is 5.91 Å². The summed E-state index contributed by atoms with van der Waals surface area (Å²) in [6.45, 7) is 5.25. The molecule has 1 amide bonds. The van der Waals surface area contributed by atoms with Gasteiger partial charge in [-0.05, 0) is 31.5 Å². The number of hydrogen-bond donors (Lipinski definition) is 1. The molecule has 4 aromatic rings. The summed E-state index contributed by atoms with van der Waals surface area (Å²) in [4.78, 5) is 17.3. The first-order valence-electron chi connectivity index (χ1n) is 10.5. The molecule has 2 heterocycles. The molecule has 0 bridgehead atoms. The zero-order chi connectivity index (χ0) is 21.6. The van der Waals surface area contributed by atoms with Gasteiger partial charge in [-0.15, -0.1) is 0 Å². The summed E-state index contributed by atoms with van der Waals surface area (Å²) >= 11 is 0. The van der Waals surface area contributed by atoms with Gasteiger partial charge in [-0.1, -0.05) is 65.7 Å². The Hall–Kier alpha value is -3.73. The van der Waals surface area contributed by atoms with Crippen molar-refractivity contribution in [1.82, 2.24) is 20.1 Å². The lowest BCUT2D eigenvalue weighted by molar-refractivity contribution is 0.0954. The number of aryl methyl sites for hydroxylation is 2. The average molecular weight is 411 g/mol. The van der Waals surface area contributed by atoms with Crippen molar-refractivity contribution >= 4 is 5.91 Å². The summed E-state index contributed by atoms with van der Waals surface area (Å²) in [5.41, 5.74) is 6.70.